The maximum absolute atomic E-state index is 12.8. The van der Waals surface area contributed by atoms with Crippen LogP contribution in [0.2, 0.25) is 0 Å². The smallest absolute Gasteiger partial charge is 0.243 e. The summed E-state index contributed by atoms with van der Waals surface area (Å²) in [4.78, 5) is 14.4. The monoisotopic (exact) mass is 432 g/mol. The molecule has 1 aliphatic heterocycles. The van der Waals surface area contributed by atoms with Gasteiger partial charge in [-0.2, -0.15) is 4.31 Å². The van der Waals surface area contributed by atoms with Gasteiger partial charge in [-0.25, -0.2) is 8.42 Å². The molecule has 30 heavy (non-hydrogen) atoms. The second kappa shape index (κ2) is 10.4. The van der Waals surface area contributed by atoms with Gasteiger partial charge >= 0.3 is 0 Å². The lowest BCUT2D eigenvalue weighted by Crippen LogP contribution is -2.50. The first-order valence-electron chi connectivity index (χ1n) is 10.2. The molecule has 0 aliphatic carbocycles. The van der Waals surface area contributed by atoms with E-state index in [0.717, 1.165) is 5.75 Å². The predicted octanol–water partition coefficient (Wildman–Crippen LogP) is 2.78. The van der Waals surface area contributed by atoms with Crippen LogP contribution in [-0.4, -0.2) is 62.9 Å². The summed E-state index contributed by atoms with van der Waals surface area (Å²) in [5.74, 6) is 1.46. The van der Waals surface area contributed by atoms with Gasteiger partial charge in [0.15, 0.2) is 0 Å². The topological polar surface area (TPSA) is 76.2 Å². The molecule has 162 valence electrons. The van der Waals surface area contributed by atoms with Crippen LogP contribution in [0, 0.1) is 0 Å². The van der Waals surface area contributed by atoms with Gasteiger partial charge in [-0.3, -0.25) is 4.79 Å². The molecule has 0 radical (unpaired) electrons. The van der Waals surface area contributed by atoms with E-state index in [4.69, 9.17) is 9.47 Å². The largest absolute Gasteiger partial charge is 0.494 e. The van der Waals surface area contributed by atoms with Gasteiger partial charge in [0.05, 0.1) is 18.1 Å². The van der Waals surface area contributed by atoms with E-state index in [1.54, 1.807) is 29.2 Å². The lowest BCUT2D eigenvalue weighted by atomic mass is 10.2. The van der Waals surface area contributed by atoms with Crippen molar-refractivity contribution in [3.05, 3.63) is 54.6 Å². The molecule has 1 aliphatic rings. The van der Waals surface area contributed by atoms with Crippen LogP contribution < -0.4 is 9.47 Å². The quantitative estimate of drug-likeness (QED) is 0.570. The number of piperazine rings is 1. The van der Waals surface area contributed by atoms with Gasteiger partial charge < -0.3 is 14.4 Å². The van der Waals surface area contributed by atoms with Crippen molar-refractivity contribution in [3.8, 4) is 11.5 Å². The van der Waals surface area contributed by atoms with Crippen LogP contribution in [0.1, 0.15) is 19.8 Å². The normalized spacial score (nSPS) is 15.0. The van der Waals surface area contributed by atoms with E-state index in [0.29, 0.717) is 58.0 Å². The highest BCUT2D eigenvalue weighted by Crippen LogP contribution is 2.21. The zero-order valence-electron chi connectivity index (χ0n) is 17.2. The number of ether oxygens (including phenoxy) is 2. The number of benzene rings is 2. The average Bonchev–Trinajstić information content (AvgIpc) is 2.78. The van der Waals surface area contributed by atoms with E-state index in [-0.39, 0.29) is 10.8 Å². The summed E-state index contributed by atoms with van der Waals surface area (Å²) in [6, 6.07) is 15.9. The van der Waals surface area contributed by atoms with E-state index < -0.39 is 10.0 Å². The Kier molecular flexibility index (Phi) is 7.70. The fourth-order valence-electron chi connectivity index (χ4n) is 3.29. The molecule has 0 unspecified atom stereocenters. The van der Waals surface area contributed by atoms with Gasteiger partial charge in [-0.1, -0.05) is 18.2 Å². The molecular formula is C22H28N2O5S. The SMILES string of the molecule is CCOc1ccc(S(=O)(=O)N2CCN(C(=O)CCCOc3ccccc3)CC2)cc1. The van der Waals surface area contributed by atoms with Crippen molar-refractivity contribution in [3.63, 3.8) is 0 Å². The second-order valence-corrected chi connectivity index (χ2v) is 8.89. The number of carbonyl (C=O) groups is 1. The Morgan fingerprint density at radius 2 is 1.53 bits per heavy atom. The van der Waals surface area contributed by atoms with E-state index >= 15 is 0 Å². The van der Waals surface area contributed by atoms with Crippen molar-refractivity contribution in [2.75, 3.05) is 39.4 Å². The van der Waals surface area contributed by atoms with Crippen LogP contribution in [0.25, 0.3) is 0 Å². The molecule has 2 aromatic carbocycles. The van der Waals surface area contributed by atoms with Crippen LogP contribution >= 0.6 is 0 Å². The molecular weight excluding hydrogens is 404 g/mol. The van der Waals surface area contributed by atoms with Gasteiger partial charge in [0.25, 0.3) is 0 Å². The summed E-state index contributed by atoms with van der Waals surface area (Å²) in [5.41, 5.74) is 0. The summed E-state index contributed by atoms with van der Waals surface area (Å²) < 4.78 is 38.1. The number of carbonyl (C=O) groups excluding carboxylic acids is 1. The Labute approximate surface area is 178 Å². The summed E-state index contributed by atoms with van der Waals surface area (Å²) in [7, 11) is -3.57. The first kappa shape index (κ1) is 22.1. The number of para-hydroxylation sites is 1. The fourth-order valence-corrected chi connectivity index (χ4v) is 4.71. The number of nitrogens with zero attached hydrogens (tertiary/aromatic N) is 2. The fraction of sp³-hybridized carbons (Fsp3) is 0.409. The second-order valence-electron chi connectivity index (χ2n) is 6.95. The van der Waals surface area contributed by atoms with Crippen LogP contribution in [-0.2, 0) is 14.8 Å². The number of amides is 1. The molecule has 2 aromatic rings. The number of hydrogen-bond acceptors (Lipinski definition) is 5. The number of rotatable bonds is 9. The van der Waals surface area contributed by atoms with E-state index in [2.05, 4.69) is 0 Å². The molecule has 0 bridgehead atoms. The molecule has 0 saturated carbocycles. The third-order valence-corrected chi connectivity index (χ3v) is 6.82. The summed E-state index contributed by atoms with van der Waals surface area (Å²) in [6.07, 6.45) is 1.01. The van der Waals surface area contributed by atoms with E-state index in [1.165, 1.54) is 4.31 Å². The first-order chi connectivity index (χ1) is 14.5. The van der Waals surface area contributed by atoms with Crippen molar-refractivity contribution in [2.24, 2.45) is 0 Å². The molecule has 1 fully saturated rings. The minimum Gasteiger partial charge on any atom is -0.494 e. The van der Waals surface area contributed by atoms with Gasteiger partial charge in [0.1, 0.15) is 11.5 Å². The van der Waals surface area contributed by atoms with Crippen molar-refractivity contribution >= 4 is 15.9 Å². The molecule has 7 nitrogen and oxygen atoms in total. The maximum Gasteiger partial charge on any atom is 0.243 e. The minimum absolute atomic E-state index is 0.0322. The van der Waals surface area contributed by atoms with Crippen molar-refractivity contribution < 1.29 is 22.7 Å². The lowest BCUT2D eigenvalue weighted by Gasteiger charge is -2.34. The average molecular weight is 433 g/mol. The van der Waals surface area contributed by atoms with Crippen LogP contribution in [0.4, 0.5) is 0 Å². The predicted molar refractivity (Wildman–Crippen MR) is 114 cm³/mol. The van der Waals surface area contributed by atoms with Gasteiger partial charge in [-0.05, 0) is 49.7 Å². The van der Waals surface area contributed by atoms with Crippen molar-refractivity contribution in [1.29, 1.82) is 0 Å². The zero-order chi connectivity index (χ0) is 21.4. The molecule has 1 saturated heterocycles. The molecule has 3 rings (SSSR count). The Morgan fingerprint density at radius 1 is 0.900 bits per heavy atom. The summed E-state index contributed by atoms with van der Waals surface area (Å²) in [5, 5.41) is 0. The molecule has 1 heterocycles. The van der Waals surface area contributed by atoms with Crippen LogP contribution in [0.3, 0.4) is 0 Å². The number of hydrogen-bond donors (Lipinski definition) is 0. The highest BCUT2D eigenvalue weighted by molar-refractivity contribution is 7.89. The Balaban J connectivity index is 1.44. The minimum atomic E-state index is -3.57. The molecule has 1 amide bonds. The lowest BCUT2D eigenvalue weighted by molar-refractivity contribution is -0.132. The molecule has 0 aromatic heterocycles. The van der Waals surface area contributed by atoms with E-state index in [9.17, 15) is 13.2 Å². The number of sulfonamides is 1. The Hall–Kier alpha value is -2.58. The molecule has 0 N–H and O–H groups in total. The maximum atomic E-state index is 12.8. The van der Waals surface area contributed by atoms with Gasteiger partial charge in [-0.15, -0.1) is 0 Å². The van der Waals surface area contributed by atoms with Gasteiger partial charge in [0.2, 0.25) is 15.9 Å². The third kappa shape index (κ3) is 5.73. The van der Waals surface area contributed by atoms with Crippen molar-refractivity contribution in [2.45, 2.75) is 24.7 Å². The van der Waals surface area contributed by atoms with Crippen LogP contribution in [0.5, 0.6) is 11.5 Å². The molecule has 0 atom stereocenters. The Bertz CT molecular complexity index is 908. The highest BCUT2D eigenvalue weighted by atomic mass is 32.2. The summed E-state index contributed by atoms with van der Waals surface area (Å²) in [6.45, 7) is 4.26. The highest BCUT2D eigenvalue weighted by Gasteiger charge is 2.29. The third-order valence-electron chi connectivity index (χ3n) is 4.91. The first-order valence-corrected chi connectivity index (χ1v) is 11.6. The Morgan fingerprint density at radius 3 is 2.17 bits per heavy atom. The zero-order valence-corrected chi connectivity index (χ0v) is 18.0. The molecule has 8 heteroatoms. The molecule has 0 spiro atoms. The summed E-state index contributed by atoms with van der Waals surface area (Å²) >= 11 is 0. The van der Waals surface area contributed by atoms with Gasteiger partial charge in [0, 0.05) is 32.6 Å². The van der Waals surface area contributed by atoms with Crippen LogP contribution in [0.15, 0.2) is 59.5 Å². The van der Waals surface area contributed by atoms with Crippen molar-refractivity contribution in [1.82, 2.24) is 9.21 Å². The standard InChI is InChI=1S/C22H28N2O5S/c1-2-28-20-10-12-21(13-11-20)30(26,27)24-16-14-23(15-17-24)22(25)9-6-18-29-19-7-4-3-5-8-19/h3-5,7-8,10-13H,2,6,9,14-18H2,1H3. The van der Waals surface area contributed by atoms with E-state index in [1.807, 2.05) is 37.3 Å².